The number of aldehydes is 1. The Morgan fingerprint density at radius 2 is 2.20 bits per heavy atom. The fraction of sp³-hybridized carbons (Fsp3) is 0.222. The van der Waals surface area contributed by atoms with E-state index in [2.05, 4.69) is 10.1 Å². The molecular formula is C9H9N3O3. The van der Waals surface area contributed by atoms with Crippen molar-refractivity contribution >= 4 is 11.9 Å². The van der Waals surface area contributed by atoms with Crippen LogP contribution in [-0.4, -0.2) is 35.1 Å². The molecule has 0 spiro atoms. The maximum Gasteiger partial charge on any atom is 0.221 e. The average Bonchev–Trinajstić information content (AvgIpc) is 2.70. The summed E-state index contributed by atoms with van der Waals surface area (Å²) in [6.07, 6.45) is 2.12. The first-order valence-corrected chi connectivity index (χ1v) is 4.22. The molecule has 78 valence electrons. The molecule has 15 heavy (non-hydrogen) atoms. The Morgan fingerprint density at radius 1 is 1.40 bits per heavy atom. The lowest BCUT2D eigenvalue weighted by atomic mass is 10.4. The minimum Gasteiger partial charge on any atom is -0.481 e. The summed E-state index contributed by atoms with van der Waals surface area (Å²) in [5, 5.41) is 3.98. The highest BCUT2D eigenvalue weighted by Gasteiger charge is 2.11. The van der Waals surface area contributed by atoms with Crippen LogP contribution >= 0.6 is 0 Å². The summed E-state index contributed by atoms with van der Waals surface area (Å²) in [6, 6.07) is 1.59. The first-order chi connectivity index (χ1) is 7.30. The van der Waals surface area contributed by atoms with Crippen molar-refractivity contribution < 1.29 is 14.3 Å². The van der Waals surface area contributed by atoms with Gasteiger partial charge in [-0.2, -0.15) is 14.6 Å². The van der Waals surface area contributed by atoms with E-state index < -0.39 is 0 Å². The topological polar surface area (TPSA) is 65.7 Å². The third kappa shape index (κ3) is 1.39. The van der Waals surface area contributed by atoms with Crippen molar-refractivity contribution in [2.24, 2.45) is 0 Å². The molecule has 0 atom stereocenters. The molecule has 0 aliphatic carbocycles. The third-order valence-electron chi connectivity index (χ3n) is 1.99. The molecule has 0 saturated carbocycles. The SMILES string of the molecule is COc1cc(OC)n2ncc(C=O)c2n1. The van der Waals surface area contributed by atoms with Gasteiger partial charge >= 0.3 is 0 Å². The Hall–Kier alpha value is -2.11. The number of rotatable bonds is 3. The summed E-state index contributed by atoms with van der Waals surface area (Å²) in [7, 11) is 3.01. The van der Waals surface area contributed by atoms with Crippen LogP contribution in [-0.2, 0) is 0 Å². The van der Waals surface area contributed by atoms with Gasteiger partial charge in [0.05, 0.1) is 32.0 Å². The molecule has 0 saturated heterocycles. The first kappa shape index (κ1) is 9.45. The molecule has 0 amide bonds. The molecule has 0 radical (unpaired) electrons. The highest BCUT2D eigenvalue weighted by atomic mass is 16.5. The van der Waals surface area contributed by atoms with Crippen molar-refractivity contribution in [3.05, 3.63) is 17.8 Å². The van der Waals surface area contributed by atoms with E-state index in [0.717, 1.165) is 0 Å². The zero-order valence-corrected chi connectivity index (χ0v) is 8.30. The van der Waals surface area contributed by atoms with Crippen LogP contribution in [0.1, 0.15) is 10.4 Å². The van der Waals surface area contributed by atoms with Crippen LogP contribution in [0.25, 0.3) is 5.65 Å². The van der Waals surface area contributed by atoms with Gasteiger partial charge in [-0.1, -0.05) is 0 Å². The Kier molecular flexibility index (Phi) is 2.24. The minimum atomic E-state index is 0.378. The van der Waals surface area contributed by atoms with Gasteiger partial charge < -0.3 is 9.47 Å². The molecular weight excluding hydrogens is 198 g/mol. The van der Waals surface area contributed by atoms with Gasteiger partial charge in [0.1, 0.15) is 0 Å². The molecule has 0 aliphatic rings. The highest BCUT2D eigenvalue weighted by molar-refractivity contribution is 5.84. The lowest BCUT2D eigenvalue weighted by Gasteiger charge is -2.05. The fourth-order valence-corrected chi connectivity index (χ4v) is 1.26. The second kappa shape index (κ2) is 3.56. The van der Waals surface area contributed by atoms with E-state index in [4.69, 9.17) is 9.47 Å². The van der Waals surface area contributed by atoms with Crippen LogP contribution in [0.4, 0.5) is 0 Å². The van der Waals surface area contributed by atoms with Crippen molar-refractivity contribution in [1.29, 1.82) is 0 Å². The summed E-state index contributed by atoms with van der Waals surface area (Å²) < 4.78 is 11.5. The molecule has 0 unspecified atom stereocenters. The Morgan fingerprint density at radius 3 is 2.80 bits per heavy atom. The second-order valence-corrected chi connectivity index (χ2v) is 2.79. The summed E-state index contributed by atoms with van der Waals surface area (Å²) in [5.74, 6) is 0.841. The predicted octanol–water partition coefficient (Wildman–Crippen LogP) is 0.559. The van der Waals surface area contributed by atoms with Gasteiger partial charge in [0.15, 0.2) is 11.9 Å². The summed E-state index contributed by atoms with van der Waals surface area (Å²) in [5.41, 5.74) is 0.813. The Labute approximate surface area is 85.4 Å². The highest BCUT2D eigenvalue weighted by Crippen LogP contribution is 2.20. The molecule has 0 bridgehead atoms. The number of ether oxygens (including phenoxy) is 2. The van der Waals surface area contributed by atoms with Gasteiger partial charge in [0.2, 0.25) is 11.8 Å². The molecule has 0 aliphatic heterocycles. The molecule has 2 aromatic heterocycles. The van der Waals surface area contributed by atoms with Gasteiger partial charge in [-0.25, -0.2) is 0 Å². The lowest BCUT2D eigenvalue weighted by molar-refractivity contribution is 0.112. The van der Waals surface area contributed by atoms with Crippen LogP contribution < -0.4 is 9.47 Å². The van der Waals surface area contributed by atoms with E-state index in [1.165, 1.54) is 24.9 Å². The van der Waals surface area contributed by atoms with Gasteiger partial charge in [-0.05, 0) is 0 Å². The number of aromatic nitrogens is 3. The minimum absolute atomic E-state index is 0.378. The van der Waals surface area contributed by atoms with Crippen molar-refractivity contribution in [1.82, 2.24) is 14.6 Å². The summed E-state index contributed by atoms with van der Waals surface area (Å²) in [6.45, 7) is 0. The van der Waals surface area contributed by atoms with Crippen molar-refractivity contribution in [2.75, 3.05) is 14.2 Å². The fourth-order valence-electron chi connectivity index (χ4n) is 1.26. The van der Waals surface area contributed by atoms with Gasteiger partial charge in [0, 0.05) is 0 Å². The predicted molar refractivity (Wildman–Crippen MR) is 51.5 cm³/mol. The number of hydrogen-bond donors (Lipinski definition) is 0. The summed E-state index contributed by atoms with van der Waals surface area (Å²) in [4.78, 5) is 14.8. The maximum atomic E-state index is 10.7. The number of methoxy groups -OCH3 is 2. The molecule has 0 aromatic carbocycles. The molecule has 6 nitrogen and oxygen atoms in total. The van der Waals surface area contributed by atoms with Crippen LogP contribution in [0.3, 0.4) is 0 Å². The van der Waals surface area contributed by atoms with Gasteiger partial charge in [0.25, 0.3) is 0 Å². The lowest BCUT2D eigenvalue weighted by Crippen LogP contribution is -2.00. The normalized spacial score (nSPS) is 10.3. The molecule has 2 rings (SSSR count). The van der Waals surface area contributed by atoms with Crippen molar-refractivity contribution in [3.8, 4) is 11.8 Å². The average molecular weight is 207 g/mol. The van der Waals surface area contributed by atoms with Gasteiger partial charge in [-0.3, -0.25) is 4.79 Å². The summed E-state index contributed by atoms with van der Waals surface area (Å²) >= 11 is 0. The Balaban J connectivity index is 2.77. The maximum absolute atomic E-state index is 10.7. The second-order valence-electron chi connectivity index (χ2n) is 2.79. The zero-order chi connectivity index (χ0) is 10.8. The molecule has 0 N–H and O–H groups in total. The number of carbonyl (C=O) groups is 1. The first-order valence-electron chi connectivity index (χ1n) is 4.22. The van der Waals surface area contributed by atoms with Crippen molar-refractivity contribution in [3.63, 3.8) is 0 Å². The number of fused-ring (bicyclic) bond motifs is 1. The van der Waals surface area contributed by atoms with E-state index in [0.29, 0.717) is 29.3 Å². The van der Waals surface area contributed by atoms with Crippen LogP contribution in [0.15, 0.2) is 12.3 Å². The molecule has 6 heteroatoms. The number of hydrogen-bond acceptors (Lipinski definition) is 5. The molecule has 2 heterocycles. The molecule has 0 fully saturated rings. The third-order valence-corrected chi connectivity index (χ3v) is 1.99. The monoisotopic (exact) mass is 207 g/mol. The van der Waals surface area contributed by atoms with Crippen LogP contribution in [0.2, 0.25) is 0 Å². The number of nitrogens with zero attached hydrogens (tertiary/aromatic N) is 3. The van der Waals surface area contributed by atoms with Crippen LogP contribution in [0.5, 0.6) is 11.8 Å². The smallest absolute Gasteiger partial charge is 0.221 e. The largest absolute Gasteiger partial charge is 0.481 e. The Bertz CT molecular complexity index is 507. The van der Waals surface area contributed by atoms with Crippen molar-refractivity contribution in [2.45, 2.75) is 0 Å². The number of carbonyl (C=O) groups excluding carboxylic acids is 1. The zero-order valence-electron chi connectivity index (χ0n) is 8.30. The van der Waals surface area contributed by atoms with Crippen LogP contribution in [0, 0.1) is 0 Å². The van der Waals surface area contributed by atoms with E-state index in [1.807, 2.05) is 0 Å². The standard InChI is InChI=1S/C9H9N3O3/c1-14-7-3-8(15-2)12-9(11-7)6(5-13)4-10-12/h3-5H,1-2H3. The van der Waals surface area contributed by atoms with E-state index in [1.54, 1.807) is 6.07 Å². The quantitative estimate of drug-likeness (QED) is 0.688. The van der Waals surface area contributed by atoms with E-state index >= 15 is 0 Å². The van der Waals surface area contributed by atoms with E-state index in [-0.39, 0.29) is 0 Å². The van der Waals surface area contributed by atoms with E-state index in [9.17, 15) is 4.79 Å². The van der Waals surface area contributed by atoms with Gasteiger partial charge in [-0.15, -0.1) is 0 Å². The molecule has 2 aromatic rings.